The molecule has 1 saturated carbocycles. The van der Waals surface area contributed by atoms with Crippen LogP contribution in [0.1, 0.15) is 6.42 Å². The Morgan fingerprint density at radius 2 is 1.65 bits per heavy atom. The number of hydrogen-bond donors (Lipinski definition) is 1. The smallest absolute Gasteiger partial charge is 0.238 e. The molecule has 0 aromatic heterocycles. The fourth-order valence-corrected chi connectivity index (χ4v) is 4.58. The van der Waals surface area contributed by atoms with Crippen molar-refractivity contribution >= 4 is 28.3 Å². The van der Waals surface area contributed by atoms with Gasteiger partial charge in [-0.1, -0.05) is 30.4 Å². The minimum atomic E-state index is -0.204. The van der Waals surface area contributed by atoms with Gasteiger partial charge in [-0.15, -0.1) is 0 Å². The molecule has 1 saturated heterocycles. The molecule has 4 nitrogen and oxygen atoms in total. The van der Waals surface area contributed by atoms with Gasteiger partial charge in [0.25, 0.3) is 0 Å². The molecule has 4 heteroatoms. The van der Waals surface area contributed by atoms with Gasteiger partial charge in [-0.3, -0.25) is 9.59 Å². The van der Waals surface area contributed by atoms with Crippen molar-refractivity contribution in [3.8, 4) is 5.75 Å². The van der Waals surface area contributed by atoms with Crippen molar-refractivity contribution < 1.29 is 14.7 Å². The monoisotopic (exact) mass is 305 g/mol. The van der Waals surface area contributed by atoms with Crippen LogP contribution in [-0.2, 0) is 9.59 Å². The Kier molecular flexibility index (Phi) is 2.36. The number of allylic oxidation sites excluding steroid dienone is 2. The maximum Gasteiger partial charge on any atom is 0.238 e. The van der Waals surface area contributed by atoms with Crippen LogP contribution >= 0.6 is 0 Å². The number of nitrogens with zero attached hydrogens (tertiary/aromatic N) is 1. The standard InChI is InChI=1S/C19H15NO3/c21-13-7-6-10-2-1-3-15(14(10)9-13)20-18(22)16-11-4-5-12(8-11)17(16)19(20)23/h1-7,9,11-12,16-17,21H,8H2/t11-,12+,16-,17+. The normalized spacial score (nSPS) is 31.4. The van der Waals surface area contributed by atoms with E-state index in [2.05, 4.69) is 12.2 Å². The quantitative estimate of drug-likeness (QED) is 0.651. The lowest BCUT2D eigenvalue weighted by Gasteiger charge is -2.19. The largest absolute Gasteiger partial charge is 0.508 e. The van der Waals surface area contributed by atoms with Crippen LogP contribution in [-0.4, -0.2) is 16.9 Å². The SMILES string of the molecule is O=C1[C@@H]2[C@H](C(=O)N1c1cccc3ccc(O)cc13)[C@@H]1C=C[C@H]2C1. The number of aromatic hydroxyl groups is 1. The number of phenols is 1. The third-order valence-corrected chi connectivity index (χ3v) is 5.55. The molecule has 2 bridgehead atoms. The van der Waals surface area contributed by atoms with Crippen LogP contribution in [0.2, 0.25) is 0 Å². The average molecular weight is 305 g/mol. The topological polar surface area (TPSA) is 57.6 Å². The predicted molar refractivity (Wildman–Crippen MR) is 85.8 cm³/mol. The van der Waals surface area contributed by atoms with Crippen LogP contribution < -0.4 is 4.90 Å². The van der Waals surface area contributed by atoms with Crippen molar-refractivity contribution in [1.82, 2.24) is 0 Å². The van der Waals surface area contributed by atoms with Crippen LogP contribution in [0.25, 0.3) is 10.8 Å². The molecule has 2 amide bonds. The van der Waals surface area contributed by atoms with E-state index in [9.17, 15) is 14.7 Å². The van der Waals surface area contributed by atoms with Gasteiger partial charge in [-0.05, 0) is 41.8 Å². The second kappa shape index (κ2) is 4.22. The molecule has 23 heavy (non-hydrogen) atoms. The molecule has 1 aliphatic heterocycles. The van der Waals surface area contributed by atoms with Gasteiger partial charge in [-0.25, -0.2) is 4.90 Å². The Morgan fingerprint density at radius 3 is 2.35 bits per heavy atom. The summed E-state index contributed by atoms with van der Waals surface area (Å²) in [5.41, 5.74) is 0.585. The Hall–Kier alpha value is -2.62. The molecule has 2 aromatic carbocycles. The first-order chi connectivity index (χ1) is 11.1. The molecule has 5 rings (SSSR count). The van der Waals surface area contributed by atoms with E-state index in [4.69, 9.17) is 0 Å². The van der Waals surface area contributed by atoms with Crippen molar-refractivity contribution in [3.63, 3.8) is 0 Å². The molecule has 3 aliphatic rings. The highest BCUT2D eigenvalue weighted by Crippen LogP contribution is 2.53. The summed E-state index contributed by atoms with van der Waals surface area (Å²) in [6, 6.07) is 10.6. The van der Waals surface area contributed by atoms with Gasteiger partial charge in [0.1, 0.15) is 5.75 Å². The number of benzene rings is 2. The first-order valence-electron chi connectivity index (χ1n) is 7.93. The minimum Gasteiger partial charge on any atom is -0.508 e. The first kappa shape index (κ1) is 12.9. The molecule has 1 N–H and O–H groups in total. The molecule has 114 valence electrons. The lowest BCUT2D eigenvalue weighted by atomic mass is 9.85. The molecular formula is C19H15NO3. The van der Waals surface area contributed by atoms with Gasteiger partial charge >= 0.3 is 0 Å². The Morgan fingerprint density at radius 1 is 0.957 bits per heavy atom. The summed E-state index contributed by atoms with van der Waals surface area (Å²) < 4.78 is 0. The molecule has 1 heterocycles. The van der Waals surface area contributed by atoms with Gasteiger partial charge in [0.2, 0.25) is 11.8 Å². The van der Waals surface area contributed by atoms with Crippen molar-refractivity contribution in [3.05, 3.63) is 48.6 Å². The third kappa shape index (κ3) is 1.55. The van der Waals surface area contributed by atoms with Crippen molar-refractivity contribution in [1.29, 1.82) is 0 Å². The zero-order valence-corrected chi connectivity index (χ0v) is 12.3. The molecular weight excluding hydrogens is 290 g/mol. The second-order valence-corrected chi connectivity index (χ2v) is 6.69. The Bertz CT molecular complexity index is 871. The van der Waals surface area contributed by atoms with E-state index in [1.54, 1.807) is 24.3 Å². The number of carbonyl (C=O) groups is 2. The van der Waals surface area contributed by atoms with E-state index < -0.39 is 0 Å². The number of carbonyl (C=O) groups excluding carboxylic acids is 2. The third-order valence-electron chi connectivity index (χ3n) is 5.55. The van der Waals surface area contributed by atoms with Crippen LogP contribution in [0.3, 0.4) is 0 Å². The number of hydrogen-bond acceptors (Lipinski definition) is 3. The summed E-state index contributed by atoms with van der Waals surface area (Å²) in [6.07, 6.45) is 5.11. The van der Waals surface area contributed by atoms with Gasteiger partial charge < -0.3 is 5.11 Å². The highest BCUT2D eigenvalue weighted by atomic mass is 16.3. The van der Waals surface area contributed by atoms with Crippen LogP contribution in [0.4, 0.5) is 5.69 Å². The summed E-state index contributed by atoms with van der Waals surface area (Å²) in [6.45, 7) is 0. The van der Waals surface area contributed by atoms with E-state index >= 15 is 0 Å². The second-order valence-electron chi connectivity index (χ2n) is 6.69. The molecule has 2 aromatic rings. The number of fused-ring (bicyclic) bond motifs is 6. The number of amides is 2. The van der Waals surface area contributed by atoms with E-state index in [1.165, 1.54) is 4.90 Å². The molecule has 2 aliphatic carbocycles. The summed E-state index contributed by atoms with van der Waals surface area (Å²) in [5.74, 6) is -0.0499. The van der Waals surface area contributed by atoms with Gasteiger partial charge in [0, 0.05) is 5.39 Å². The van der Waals surface area contributed by atoms with Crippen LogP contribution in [0, 0.1) is 23.7 Å². The molecule has 0 unspecified atom stereocenters. The van der Waals surface area contributed by atoms with Crippen molar-refractivity contribution in [2.45, 2.75) is 6.42 Å². The maximum absolute atomic E-state index is 12.9. The lowest BCUT2D eigenvalue weighted by Crippen LogP contribution is -2.33. The molecule has 0 spiro atoms. The number of imide groups is 1. The highest BCUT2D eigenvalue weighted by Gasteiger charge is 2.59. The first-order valence-corrected chi connectivity index (χ1v) is 7.93. The van der Waals surface area contributed by atoms with Crippen LogP contribution in [0.15, 0.2) is 48.6 Å². The zero-order chi connectivity index (χ0) is 15.7. The predicted octanol–water partition coefficient (Wildman–Crippen LogP) is 2.86. The Labute approximate surface area is 133 Å². The van der Waals surface area contributed by atoms with Crippen molar-refractivity contribution in [2.24, 2.45) is 23.7 Å². The molecule has 2 fully saturated rings. The van der Waals surface area contributed by atoms with Crippen molar-refractivity contribution in [2.75, 3.05) is 4.90 Å². The summed E-state index contributed by atoms with van der Waals surface area (Å²) in [4.78, 5) is 27.2. The van der Waals surface area contributed by atoms with E-state index in [1.807, 2.05) is 12.1 Å². The average Bonchev–Trinajstić information content (AvgIpc) is 3.21. The highest BCUT2D eigenvalue weighted by molar-refractivity contribution is 6.25. The number of anilines is 1. The van der Waals surface area contributed by atoms with Gasteiger partial charge in [-0.2, -0.15) is 0 Å². The fraction of sp³-hybridized carbons (Fsp3) is 0.263. The van der Waals surface area contributed by atoms with Gasteiger partial charge in [0.15, 0.2) is 0 Å². The van der Waals surface area contributed by atoms with Gasteiger partial charge in [0.05, 0.1) is 17.5 Å². The van der Waals surface area contributed by atoms with E-state index in [0.29, 0.717) is 5.69 Å². The number of phenolic OH excluding ortho intramolecular Hbond substituents is 1. The fourth-order valence-electron chi connectivity index (χ4n) is 4.58. The molecule has 0 radical (unpaired) electrons. The lowest BCUT2D eigenvalue weighted by molar-refractivity contribution is -0.123. The van der Waals surface area contributed by atoms with E-state index in [0.717, 1.165) is 17.2 Å². The maximum atomic E-state index is 12.9. The summed E-state index contributed by atoms with van der Waals surface area (Å²) >= 11 is 0. The molecule has 4 atom stereocenters. The Balaban J connectivity index is 1.68. The zero-order valence-electron chi connectivity index (χ0n) is 12.3. The summed E-state index contributed by atoms with van der Waals surface area (Å²) in [7, 11) is 0. The number of rotatable bonds is 1. The van der Waals surface area contributed by atoms with E-state index in [-0.39, 0.29) is 41.2 Å². The van der Waals surface area contributed by atoms with Crippen LogP contribution in [0.5, 0.6) is 5.75 Å². The summed E-state index contributed by atoms with van der Waals surface area (Å²) in [5, 5.41) is 11.4. The minimum absolute atomic E-state index is 0.0901.